The van der Waals surface area contributed by atoms with Crippen molar-refractivity contribution in [2.24, 2.45) is 11.8 Å². The first-order valence-corrected chi connectivity index (χ1v) is 9.94. The lowest BCUT2D eigenvalue weighted by Gasteiger charge is -2.17. The van der Waals surface area contributed by atoms with Crippen molar-refractivity contribution >= 4 is 23.4 Å². The molecule has 0 radical (unpaired) electrons. The highest BCUT2D eigenvalue weighted by molar-refractivity contribution is 6.05. The molecule has 6 nitrogen and oxygen atoms in total. The number of carbonyl (C=O) groups excluding carboxylic acids is 3. The molecule has 1 aliphatic heterocycles. The summed E-state index contributed by atoms with van der Waals surface area (Å²) >= 11 is 0. The van der Waals surface area contributed by atoms with E-state index in [-0.39, 0.29) is 24.1 Å². The number of anilines is 1. The minimum absolute atomic E-state index is 0.0306. The second-order valence-electron chi connectivity index (χ2n) is 7.80. The molecule has 1 fully saturated rings. The second kappa shape index (κ2) is 9.37. The van der Waals surface area contributed by atoms with Gasteiger partial charge in [-0.3, -0.25) is 14.4 Å². The van der Waals surface area contributed by atoms with Crippen LogP contribution in [-0.4, -0.2) is 35.7 Å². The Morgan fingerprint density at radius 3 is 2.48 bits per heavy atom. The van der Waals surface area contributed by atoms with Crippen molar-refractivity contribution in [3.63, 3.8) is 0 Å². The number of likely N-dealkylation sites (tertiary alicyclic amines) is 1. The summed E-state index contributed by atoms with van der Waals surface area (Å²) in [7, 11) is 0. The summed E-state index contributed by atoms with van der Waals surface area (Å²) in [6.45, 7) is 5.48. The van der Waals surface area contributed by atoms with Gasteiger partial charge in [0.2, 0.25) is 11.8 Å². The van der Waals surface area contributed by atoms with Crippen molar-refractivity contribution in [2.45, 2.75) is 26.8 Å². The Bertz CT molecular complexity index is 880. The quantitative estimate of drug-likeness (QED) is 0.759. The number of para-hydroxylation sites is 1. The highest BCUT2D eigenvalue weighted by Crippen LogP contribution is 2.23. The Labute approximate surface area is 171 Å². The number of nitrogens with zero attached hydrogens (tertiary/aromatic N) is 1. The van der Waals surface area contributed by atoms with Gasteiger partial charge in [-0.2, -0.15) is 0 Å². The van der Waals surface area contributed by atoms with Crippen LogP contribution in [0.5, 0.6) is 0 Å². The molecule has 3 amide bonds. The average molecular weight is 393 g/mol. The molecule has 1 aliphatic rings. The number of benzene rings is 2. The van der Waals surface area contributed by atoms with E-state index in [0.717, 1.165) is 5.56 Å². The van der Waals surface area contributed by atoms with E-state index >= 15 is 0 Å². The Kier molecular flexibility index (Phi) is 6.65. The van der Waals surface area contributed by atoms with Crippen LogP contribution in [0, 0.1) is 11.8 Å². The van der Waals surface area contributed by atoms with Gasteiger partial charge in [0.05, 0.1) is 17.2 Å². The molecule has 1 heterocycles. The highest BCUT2D eigenvalue weighted by Gasteiger charge is 2.34. The Morgan fingerprint density at radius 1 is 1.07 bits per heavy atom. The lowest BCUT2D eigenvalue weighted by molar-refractivity contribution is -0.128. The maximum Gasteiger partial charge on any atom is 0.253 e. The molecule has 2 aromatic carbocycles. The number of hydrogen-bond donors (Lipinski definition) is 2. The van der Waals surface area contributed by atoms with Crippen LogP contribution in [0.25, 0.3) is 0 Å². The first kappa shape index (κ1) is 20.6. The van der Waals surface area contributed by atoms with Crippen LogP contribution < -0.4 is 10.6 Å². The average Bonchev–Trinajstić information content (AvgIpc) is 3.08. The number of hydrogen-bond acceptors (Lipinski definition) is 3. The number of nitrogens with one attached hydrogen (secondary N) is 2. The molecule has 3 rings (SSSR count). The van der Waals surface area contributed by atoms with Gasteiger partial charge in [-0.05, 0) is 23.6 Å². The zero-order chi connectivity index (χ0) is 20.8. The van der Waals surface area contributed by atoms with Gasteiger partial charge in [0.15, 0.2) is 0 Å². The van der Waals surface area contributed by atoms with E-state index in [1.807, 2.05) is 44.2 Å². The number of carbonyl (C=O) groups is 3. The van der Waals surface area contributed by atoms with Gasteiger partial charge in [0, 0.05) is 26.1 Å². The lowest BCUT2D eigenvalue weighted by Crippen LogP contribution is -2.30. The SMILES string of the molecule is CC(C)CNC(=O)c1ccccc1NC(=O)[C@@H]1CC(=O)N(Cc2ccccc2)C1. The fourth-order valence-corrected chi connectivity index (χ4v) is 3.32. The van der Waals surface area contributed by atoms with E-state index < -0.39 is 5.92 Å². The van der Waals surface area contributed by atoms with E-state index in [1.165, 1.54) is 0 Å². The summed E-state index contributed by atoms with van der Waals surface area (Å²) in [5, 5.41) is 5.72. The van der Waals surface area contributed by atoms with Crippen molar-refractivity contribution < 1.29 is 14.4 Å². The molecular formula is C23H27N3O3. The van der Waals surface area contributed by atoms with Crippen molar-refractivity contribution in [1.29, 1.82) is 0 Å². The normalized spacial score (nSPS) is 16.2. The van der Waals surface area contributed by atoms with Crippen molar-refractivity contribution in [3.05, 3.63) is 65.7 Å². The molecule has 0 aliphatic carbocycles. The zero-order valence-corrected chi connectivity index (χ0v) is 16.9. The lowest BCUT2D eigenvalue weighted by atomic mass is 10.1. The predicted molar refractivity (Wildman–Crippen MR) is 112 cm³/mol. The third-order valence-corrected chi connectivity index (χ3v) is 4.90. The van der Waals surface area contributed by atoms with E-state index in [1.54, 1.807) is 29.2 Å². The fourth-order valence-electron chi connectivity index (χ4n) is 3.32. The monoisotopic (exact) mass is 393 g/mol. The Balaban J connectivity index is 1.63. The van der Waals surface area contributed by atoms with Crippen molar-refractivity contribution in [2.75, 3.05) is 18.4 Å². The highest BCUT2D eigenvalue weighted by atomic mass is 16.2. The summed E-state index contributed by atoms with van der Waals surface area (Å²) in [6.07, 6.45) is 0.181. The van der Waals surface area contributed by atoms with Crippen LogP contribution in [0.1, 0.15) is 36.2 Å². The predicted octanol–water partition coefficient (Wildman–Crippen LogP) is 3.06. The van der Waals surface area contributed by atoms with Gasteiger partial charge >= 0.3 is 0 Å². The van der Waals surface area contributed by atoms with E-state index in [9.17, 15) is 14.4 Å². The van der Waals surface area contributed by atoms with Crippen LogP contribution >= 0.6 is 0 Å². The molecule has 0 spiro atoms. The maximum absolute atomic E-state index is 12.8. The Morgan fingerprint density at radius 2 is 1.76 bits per heavy atom. The summed E-state index contributed by atoms with van der Waals surface area (Å²) < 4.78 is 0. The maximum atomic E-state index is 12.8. The van der Waals surface area contributed by atoms with Gasteiger partial charge < -0.3 is 15.5 Å². The molecule has 6 heteroatoms. The Hall–Kier alpha value is -3.15. The fraction of sp³-hybridized carbons (Fsp3) is 0.348. The van der Waals surface area contributed by atoms with Gasteiger partial charge in [-0.15, -0.1) is 0 Å². The zero-order valence-electron chi connectivity index (χ0n) is 16.9. The van der Waals surface area contributed by atoms with Gasteiger partial charge in [-0.25, -0.2) is 0 Å². The molecular weight excluding hydrogens is 366 g/mol. The molecule has 2 aromatic rings. The molecule has 29 heavy (non-hydrogen) atoms. The standard InChI is InChI=1S/C23H27N3O3/c1-16(2)13-24-23(29)19-10-6-7-11-20(19)25-22(28)18-12-21(27)26(15-18)14-17-8-4-3-5-9-17/h3-11,16,18H,12-15H2,1-2H3,(H,24,29)(H,25,28)/t18-/m1/s1. The van der Waals surface area contributed by atoms with Crippen molar-refractivity contribution in [3.8, 4) is 0 Å². The molecule has 152 valence electrons. The topological polar surface area (TPSA) is 78.5 Å². The minimum atomic E-state index is -0.432. The second-order valence-corrected chi connectivity index (χ2v) is 7.80. The molecule has 2 N–H and O–H groups in total. The first-order valence-electron chi connectivity index (χ1n) is 9.94. The number of amides is 3. The van der Waals surface area contributed by atoms with E-state index in [0.29, 0.717) is 36.8 Å². The van der Waals surface area contributed by atoms with Crippen LogP contribution in [0.2, 0.25) is 0 Å². The largest absolute Gasteiger partial charge is 0.352 e. The van der Waals surface area contributed by atoms with Gasteiger partial charge in [0.25, 0.3) is 5.91 Å². The van der Waals surface area contributed by atoms with Crippen LogP contribution in [0.3, 0.4) is 0 Å². The summed E-state index contributed by atoms with van der Waals surface area (Å²) in [5.74, 6) is -0.586. The summed E-state index contributed by atoms with van der Waals surface area (Å²) in [6, 6.07) is 16.7. The smallest absolute Gasteiger partial charge is 0.253 e. The van der Waals surface area contributed by atoms with Gasteiger partial charge in [-0.1, -0.05) is 56.3 Å². The van der Waals surface area contributed by atoms with Crippen LogP contribution in [-0.2, 0) is 16.1 Å². The minimum Gasteiger partial charge on any atom is -0.352 e. The summed E-state index contributed by atoms with van der Waals surface area (Å²) in [5.41, 5.74) is 1.92. The van der Waals surface area contributed by atoms with Crippen LogP contribution in [0.15, 0.2) is 54.6 Å². The first-order chi connectivity index (χ1) is 13.9. The van der Waals surface area contributed by atoms with Crippen LogP contribution in [0.4, 0.5) is 5.69 Å². The van der Waals surface area contributed by atoms with Crippen molar-refractivity contribution in [1.82, 2.24) is 10.2 Å². The third kappa shape index (κ3) is 5.44. The van der Waals surface area contributed by atoms with Gasteiger partial charge in [0.1, 0.15) is 0 Å². The molecule has 1 atom stereocenters. The number of rotatable bonds is 7. The van der Waals surface area contributed by atoms with E-state index in [2.05, 4.69) is 10.6 Å². The molecule has 0 aromatic heterocycles. The molecule has 0 saturated carbocycles. The molecule has 1 saturated heterocycles. The third-order valence-electron chi connectivity index (χ3n) is 4.90. The van der Waals surface area contributed by atoms with E-state index in [4.69, 9.17) is 0 Å². The molecule has 0 bridgehead atoms. The molecule has 0 unspecified atom stereocenters. The summed E-state index contributed by atoms with van der Waals surface area (Å²) in [4.78, 5) is 39.3.